The average molecular weight is 331 g/mol. The van der Waals surface area contributed by atoms with Crippen LogP contribution in [0.4, 0.5) is 5.82 Å². The first-order valence-corrected chi connectivity index (χ1v) is 9.12. The zero-order valence-corrected chi connectivity index (χ0v) is 14.2. The molecule has 3 saturated heterocycles. The van der Waals surface area contributed by atoms with E-state index >= 15 is 0 Å². The van der Waals surface area contributed by atoms with E-state index in [-0.39, 0.29) is 0 Å². The Hall–Kier alpha value is -2.45. The van der Waals surface area contributed by atoms with E-state index in [4.69, 9.17) is 5.26 Å². The van der Waals surface area contributed by atoms with Crippen LogP contribution in [0.15, 0.2) is 36.7 Å². The predicted molar refractivity (Wildman–Crippen MR) is 95.1 cm³/mol. The molecule has 1 aliphatic carbocycles. The molecule has 1 saturated carbocycles. The number of nitrogens with zero attached hydrogens (tertiary/aromatic N) is 5. The first kappa shape index (κ1) is 14.9. The van der Waals surface area contributed by atoms with Crippen LogP contribution in [0.5, 0.6) is 0 Å². The summed E-state index contributed by atoms with van der Waals surface area (Å²) in [6.07, 6.45) is 5.57. The molecular weight excluding hydrogens is 310 g/mol. The topological polar surface area (TPSA) is 56.1 Å². The van der Waals surface area contributed by atoms with E-state index < -0.39 is 0 Å². The number of rotatable bonds is 4. The molecule has 1 aromatic carbocycles. The third kappa shape index (κ3) is 2.77. The van der Waals surface area contributed by atoms with Crippen molar-refractivity contribution in [2.24, 2.45) is 0 Å². The zero-order valence-electron chi connectivity index (χ0n) is 14.2. The summed E-state index contributed by atoms with van der Waals surface area (Å²) in [4.78, 5) is 14.0. The monoisotopic (exact) mass is 331 g/mol. The smallest absolute Gasteiger partial charge is 0.132 e. The third-order valence-electron chi connectivity index (χ3n) is 5.79. The maximum atomic E-state index is 8.92. The lowest BCUT2D eigenvalue weighted by Crippen LogP contribution is -2.68. The highest BCUT2D eigenvalue weighted by molar-refractivity contribution is 5.43. The fraction of sp³-hybridized carbons (Fsp3) is 0.450. The Labute approximate surface area is 147 Å². The number of hydrogen-bond acceptors (Lipinski definition) is 5. The fourth-order valence-electron chi connectivity index (χ4n) is 4.16. The van der Waals surface area contributed by atoms with Gasteiger partial charge in [-0.05, 0) is 37.0 Å². The highest BCUT2D eigenvalue weighted by Gasteiger charge is 2.44. The van der Waals surface area contributed by atoms with Crippen molar-refractivity contribution in [3.8, 4) is 6.07 Å². The first-order chi connectivity index (χ1) is 12.3. The highest BCUT2D eigenvalue weighted by Crippen LogP contribution is 2.40. The number of hydrogen-bond donors (Lipinski definition) is 0. The number of fused-ring (bicyclic) bond motifs is 2. The molecule has 2 unspecified atom stereocenters. The molecule has 4 aliphatic rings. The minimum absolute atomic E-state index is 0.605. The number of aromatic nitrogens is 2. The molecule has 0 spiro atoms. The zero-order chi connectivity index (χ0) is 16.8. The molecule has 126 valence electrons. The molecule has 5 heteroatoms. The Morgan fingerprint density at radius 2 is 1.84 bits per heavy atom. The lowest BCUT2D eigenvalue weighted by atomic mass is 9.86. The van der Waals surface area contributed by atoms with Gasteiger partial charge >= 0.3 is 0 Å². The maximum absolute atomic E-state index is 8.92. The van der Waals surface area contributed by atoms with Crippen LogP contribution in [-0.2, 0) is 6.54 Å². The number of benzene rings is 1. The van der Waals surface area contributed by atoms with Crippen LogP contribution in [0.2, 0.25) is 0 Å². The average Bonchev–Trinajstić information content (AvgIpc) is 3.52. The van der Waals surface area contributed by atoms with Gasteiger partial charge in [0, 0.05) is 49.4 Å². The van der Waals surface area contributed by atoms with Gasteiger partial charge in [-0.15, -0.1) is 0 Å². The first-order valence-electron chi connectivity index (χ1n) is 9.12. The molecule has 25 heavy (non-hydrogen) atoms. The summed E-state index contributed by atoms with van der Waals surface area (Å²) in [7, 11) is 0. The Balaban J connectivity index is 1.26. The number of nitriles is 1. The van der Waals surface area contributed by atoms with Gasteiger partial charge in [-0.25, -0.2) is 9.97 Å². The van der Waals surface area contributed by atoms with E-state index in [1.807, 2.05) is 12.1 Å². The molecule has 0 radical (unpaired) electrons. The Kier molecular flexibility index (Phi) is 3.46. The second kappa shape index (κ2) is 5.82. The van der Waals surface area contributed by atoms with Crippen LogP contribution in [0.3, 0.4) is 0 Å². The lowest BCUT2D eigenvalue weighted by Gasteiger charge is -2.56. The van der Waals surface area contributed by atoms with Crippen LogP contribution in [0.25, 0.3) is 0 Å². The van der Waals surface area contributed by atoms with Crippen molar-refractivity contribution >= 4 is 5.82 Å². The van der Waals surface area contributed by atoms with E-state index in [0.717, 1.165) is 31.0 Å². The van der Waals surface area contributed by atoms with Crippen molar-refractivity contribution in [1.29, 1.82) is 5.26 Å². The van der Waals surface area contributed by atoms with Crippen LogP contribution in [0, 0.1) is 11.3 Å². The summed E-state index contributed by atoms with van der Waals surface area (Å²) in [5, 5.41) is 8.92. The molecule has 2 bridgehead atoms. The normalized spacial score (nSPS) is 25.3. The molecule has 4 heterocycles. The number of piperidine rings is 1. The Morgan fingerprint density at radius 3 is 2.52 bits per heavy atom. The summed E-state index contributed by atoms with van der Waals surface area (Å²) in [5.74, 6) is 1.78. The minimum Gasteiger partial charge on any atom is -0.353 e. The SMILES string of the molecule is N#Cc1ccc(CN2C3CC2CN(c2cc(C4CC4)ncn2)C3)cc1. The van der Waals surface area contributed by atoms with Gasteiger partial charge < -0.3 is 4.90 Å². The highest BCUT2D eigenvalue weighted by atomic mass is 15.4. The summed E-state index contributed by atoms with van der Waals surface area (Å²) >= 11 is 0. The molecular formula is C20H21N5. The van der Waals surface area contributed by atoms with Gasteiger partial charge in [0.15, 0.2) is 0 Å². The molecule has 4 fully saturated rings. The van der Waals surface area contributed by atoms with E-state index in [9.17, 15) is 0 Å². The number of anilines is 1. The van der Waals surface area contributed by atoms with Gasteiger partial charge in [0.2, 0.25) is 0 Å². The summed E-state index contributed by atoms with van der Waals surface area (Å²) in [6.45, 7) is 3.08. The molecule has 1 aromatic heterocycles. The molecule has 0 amide bonds. The molecule has 2 aromatic rings. The summed E-state index contributed by atoms with van der Waals surface area (Å²) in [6, 6.07) is 13.6. The van der Waals surface area contributed by atoms with Crippen molar-refractivity contribution in [3.63, 3.8) is 0 Å². The molecule has 3 aliphatic heterocycles. The second-order valence-electron chi connectivity index (χ2n) is 7.50. The van der Waals surface area contributed by atoms with Gasteiger partial charge in [0.1, 0.15) is 12.1 Å². The standard InChI is InChI=1S/C20H21N5/c21-9-14-1-3-15(4-2-14)10-25-17-7-18(25)12-24(11-17)20-8-19(16-5-6-16)22-13-23-20/h1-4,8,13,16-18H,5-7,10-12H2. The molecule has 6 rings (SSSR count). The van der Waals surface area contributed by atoms with Crippen LogP contribution < -0.4 is 4.90 Å². The van der Waals surface area contributed by atoms with Crippen LogP contribution >= 0.6 is 0 Å². The lowest BCUT2D eigenvalue weighted by molar-refractivity contribution is -0.00869. The molecule has 0 N–H and O–H groups in total. The quantitative estimate of drug-likeness (QED) is 0.862. The van der Waals surface area contributed by atoms with Gasteiger partial charge in [-0.1, -0.05) is 12.1 Å². The van der Waals surface area contributed by atoms with Crippen LogP contribution in [0.1, 0.15) is 42.0 Å². The van der Waals surface area contributed by atoms with Gasteiger partial charge in [-0.3, -0.25) is 4.90 Å². The largest absolute Gasteiger partial charge is 0.353 e. The summed E-state index contributed by atoms with van der Waals surface area (Å²) in [5.41, 5.74) is 3.24. The minimum atomic E-state index is 0.605. The van der Waals surface area contributed by atoms with E-state index in [0.29, 0.717) is 18.0 Å². The van der Waals surface area contributed by atoms with Crippen molar-refractivity contribution < 1.29 is 0 Å². The van der Waals surface area contributed by atoms with Gasteiger partial charge in [-0.2, -0.15) is 5.26 Å². The van der Waals surface area contributed by atoms with Crippen molar-refractivity contribution in [2.75, 3.05) is 18.0 Å². The number of piperazine rings is 1. The third-order valence-corrected chi connectivity index (χ3v) is 5.79. The fourth-order valence-corrected chi connectivity index (χ4v) is 4.16. The van der Waals surface area contributed by atoms with Gasteiger partial charge in [0.25, 0.3) is 0 Å². The van der Waals surface area contributed by atoms with Crippen molar-refractivity contribution in [2.45, 2.75) is 43.8 Å². The molecule has 2 atom stereocenters. The predicted octanol–water partition coefficient (Wildman–Crippen LogP) is 2.69. The van der Waals surface area contributed by atoms with E-state index in [1.165, 1.54) is 30.5 Å². The van der Waals surface area contributed by atoms with Crippen LogP contribution in [-0.4, -0.2) is 40.0 Å². The molecule has 5 nitrogen and oxygen atoms in total. The van der Waals surface area contributed by atoms with E-state index in [1.54, 1.807) is 6.33 Å². The summed E-state index contributed by atoms with van der Waals surface area (Å²) < 4.78 is 0. The maximum Gasteiger partial charge on any atom is 0.132 e. The van der Waals surface area contributed by atoms with Crippen molar-refractivity contribution in [1.82, 2.24) is 14.9 Å². The van der Waals surface area contributed by atoms with Gasteiger partial charge in [0.05, 0.1) is 11.6 Å². The van der Waals surface area contributed by atoms with E-state index in [2.05, 4.69) is 44.0 Å². The van der Waals surface area contributed by atoms with Crippen molar-refractivity contribution in [3.05, 3.63) is 53.5 Å². The Morgan fingerprint density at radius 1 is 1.08 bits per heavy atom. The second-order valence-corrected chi connectivity index (χ2v) is 7.50. The Bertz CT molecular complexity index is 809.